The first-order valence-electron chi connectivity index (χ1n) is 26.3. The molecule has 0 fully saturated rings. The second-order valence-electron chi connectivity index (χ2n) is 18.0. The molecule has 0 aromatic rings. The van der Waals surface area contributed by atoms with Gasteiger partial charge in [-0.1, -0.05) is 141 Å². The molecule has 5 N–H and O–H groups in total. The molecule has 0 saturated heterocycles. The van der Waals surface area contributed by atoms with Gasteiger partial charge in [-0.05, 0) is 83.5 Å². The maximum Gasteiger partial charge on any atom is 3.00 e. The fourth-order valence-electron chi connectivity index (χ4n) is 7.61. The Balaban J connectivity index is -0.00000374. The van der Waals surface area contributed by atoms with Crippen molar-refractivity contribution in [2.45, 2.75) is 238 Å². The Hall–Kier alpha value is -3.86. The maximum atomic E-state index is 12.8. The van der Waals surface area contributed by atoms with Gasteiger partial charge >= 0.3 is 35.8 Å². The van der Waals surface area contributed by atoms with Crippen LogP contribution in [-0.4, -0.2) is 103 Å². The number of nitrogens with one attached hydrogen (secondary N) is 1. The number of carboxylic acid groups (broad SMARTS) is 3. The summed E-state index contributed by atoms with van der Waals surface area (Å²) >= 11 is 0. The van der Waals surface area contributed by atoms with E-state index in [9.17, 15) is 48.9 Å². The molecule has 0 saturated carbocycles. The molecular formula is C53H94N2NiO15+. The smallest absolute Gasteiger partial charge is 0.549 e. The van der Waals surface area contributed by atoms with E-state index in [0.717, 1.165) is 77.0 Å². The van der Waals surface area contributed by atoms with Gasteiger partial charge in [0.05, 0.1) is 30.4 Å². The minimum absolute atomic E-state index is 0. The molecule has 1 amide bonds. The van der Waals surface area contributed by atoms with Gasteiger partial charge in [-0.25, -0.2) is 0 Å². The molecule has 0 aliphatic rings. The van der Waals surface area contributed by atoms with E-state index in [1.54, 1.807) is 0 Å². The zero-order chi connectivity index (χ0) is 50.3. The second kappa shape index (κ2) is 53.9. The number of nitrogens with zero attached hydrogens (tertiary/aromatic N) is 1. The Bertz CT molecular complexity index is 1410. The van der Waals surface area contributed by atoms with Crippen LogP contribution >= 0.6 is 0 Å². The molecule has 415 valence electrons. The number of ether oxygens (including phenoxy) is 3. The zero-order valence-corrected chi connectivity index (χ0v) is 44.4. The van der Waals surface area contributed by atoms with Crippen molar-refractivity contribution in [3.8, 4) is 0 Å². The number of rotatable bonds is 49. The molecule has 0 spiro atoms. The van der Waals surface area contributed by atoms with Gasteiger partial charge < -0.3 is 60.2 Å². The first kappa shape index (κ1) is 73.7. The average molecular weight is 1060 g/mol. The summed E-state index contributed by atoms with van der Waals surface area (Å²) in [5, 5.41) is 36.1. The third-order valence-electron chi connectivity index (χ3n) is 11.6. The maximum absolute atomic E-state index is 12.8. The molecule has 0 heterocycles. The molecule has 0 aliphatic heterocycles. The summed E-state index contributed by atoms with van der Waals surface area (Å²) in [5.74, 6) is -7.09. The van der Waals surface area contributed by atoms with Gasteiger partial charge in [-0.15, -0.1) is 0 Å². The van der Waals surface area contributed by atoms with Crippen LogP contribution in [-0.2, 0) is 64.3 Å². The van der Waals surface area contributed by atoms with Crippen LogP contribution in [0, 0.1) is 0 Å². The molecule has 0 aromatic heterocycles. The number of aliphatic carboxylic acids is 3. The largest absolute Gasteiger partial charge is 3.00 e. The fourth-order valence-corrected chi connectivity index (χ4v) is 7.61. The summed E-state index contributed by atoms with van der Waals surface area (Å²) in [4.78, 5) is 84.6. The SMILES string of the molecule is CCCCCCCC/C=C/CCCCCCCC(=O)OCC(COC(=O)CCC(=O)NCCCCC(C(=O)[O-])N(CC(=O)[O-])CC(=O)[O-])OC(=O)CCCCCCC/C=C/CCCCCCCC.O.O.[H+].[Ni+3]. The Morgan fingerprint density at radius 3 is 1.28 bits per heavy atom. The monoisotopic (exact) mass is 1060 g/mol. The third kappa shape index (κ3) is 50.9. The minimum atomic E-state index is -1.66. The van der Waals surface area contributed by atoms with Crippen molar-refractivity contribution in [3.05, 3.63) is 24.3 Å². The summed E-state index contributed by atoms with van der Waals surface area (Å²) < 4.78 is 16.4. The predicted octanol–water partition coefficient (Wildman–Crippen LogP) is 5.51. The number of hydrogen-bond acceptors (Lipinski definition) is 14. The van der Waals surface area contributed by atoms with Gasteiger partial charge in [-0.2, -0.15) is 0 Å². The van der Waals surface area contributed by atoms with Gasteiger partial charge in [0.25, 0.3) is 0 Å². The number of carbonyl (C=O) groups excluding carboxylic acids is 7. The van der Waals surface area contributed by atoms with E-state index in [1.165, 1.54) is 77.0 Å². The summed E-state index contributed by atoms with van der Waals surface area (Å²) in [6.07, 6.45) is 37.9. The Morgan fingerprint density at radius 1 is 0.493 bits per heavy atom. The number of carbonyl (C=O) groups is 7. The average Bonchev–Trinajstić information content (AvgIpc) is 3.29. The number of carboxylic acids is 3. The molecule has 71 heavy (non-hydrogen) atoms. The van der Waals surface area contributed by atoms with Crippen LogP contribution < -0.4 is 20.6 Å². The van der Waals surface area contributed by atoms with E-state index >= 15 is 0 Å². The molecule has 1 radical (unpaired) electrons. The van der Waals surface area contributed by atoms with Gasteiger partial charge in [0.2, 0.25) is 5.91 Å². The van der Waals surface area contributed by atoms with Crippen LogP contribution in [0.5, 0.6) is 0 Å². The zero-order valence-electron chi connectivity index (χ0n) is 44.4. The molecule has 17 nitrogen and oxygen atoms in total. The van der Waals surface area contributed by atoms with E-state index in [2.05, 4.69) is 43.5 Å². The Kier molecular flexibility index (Phi) is 56.0. The molecule has 0 bridgehead atoms. The fraction of sp³-hybridized carbons (Fsp3) is 0.792. The summed E-state index contributed by atoms with van der Waals surface area (Å²) in [5.41, 5.74) is 0. The third-order valence-corrected chi connectivity index (χ3v) is 11.6. The van der Waals surface area contributed by atoms with Gasteiger partial charge in [0.1, 0.15) is 13.2 Å². The first-order valence-corrected chi connectivity index (χ1v) is 26.3. The summed E-state index contributed by atoms with van der Waals surface area (Å²) in [7, 11) is 0. The Labute approximate surface area is 437 Å². The van der Waals surface area contributed by atoms with Crippen molar-refractivity contribution in [3.63, 3.8) is 0 Å². The van der Waals surface area contributed by atoms with Crippen LogP contribution in [0.4, 0.5) is 0 Å². The first-order chi connectivity index (χ1) is 32.9. The summed E-state index contributed by atoms with van der Waals surface area (Å²) in [6, 6.07) is -1.52. The van der Waals surface area contributed by atoms with Crippen molar-refractivity contribution in [1.29, 1.82) is 0 Å². The number of hydrogen-bond donors (Lipinski definition) is 1. The topological polar surface area (TPSA) is 295 Å². The van der Waals surface area contributed by atoms with E-state index in [0.29, 0.717) is 17.7 Å². The molecule has 2 atom stereocenters. The van der Waals surface area contributed by atoms with Gasteiger partial charge in [-0.3, -0.25) is 24.1 Å². The van der Waals surface area contributed by atoms with Crippen LogP contribution in [0.15, 0.2) is 24.3 Å². The quantitative estimate of drug-likeness (QED) is 0.0259. The molecule has 0 rings (SSSR count). The van der Waals surface area contributed by atoms with Crippen LogP contribution in [0.3, 0.4) is 0 Å². The number of esters is 3. The van der Waals surface area contributed by atoms with Crippen LogP contribution in [0.2, 0.25) is 0 Å². The van der Waals surface area contributed by atoms with Crippen LogP contribution in [0.1, 0.15) is 227 Å². The van der Waals surface area contributed by atoms with Crippen molar-refractivity contribution in [2.75, 3.05) is 32.8 Å². The van der Waals surface area contributed by atoms with Crippen molar-refractivity contribution < 1.29 is 92.0 Å². The van der Waals surface area contributed by atoms with Crippen LogP contribution in [0.25, 0.3) is 0 Å². The van der Waals surface area contributed by atoms with Gasteiger partial charge in [0.15, 0.2) is 6.10 Å². The normalized spacial score (nSPS) is 11.8. The van der Waals surface area contributed by atoms with E-state index < -0.39 is 67.0 Å². The van der Waals surface area contributed by atoms with E-state index in [4.69, 9.17) is 14.2 Å². The standard InChI is InChI=1S/C53H92N2O13.Ni.2H2O/c1-3-5-7-9-11-13-15-17-19-21-23-25-27-29-31-36-50(61)66-43-45(68-52(63)37-32-30-28-26-24-22-20-18-16-14-12-10-8-6-4-2)44-67-51(62)39-38-47(56)54-40-34-33-35-46(53(64)65)55(41-48(57)58)42-49(59)60;;;/h17-20,45-46H,3-16,21-44H2,1-2H3,(H,54,56)(H,57,58)(H,59,60)(H,64,65);;2*1H2/q;+3;;/p-2/b19-17+,20-18+;;;. The van der Waals surface area contributed by atoms with E-state index in [-0.39, 0.29) is 93.6 Å². The molecule has 18 heteroatoms. The minimum Gasteiger partial charge on any atom is -0.549 e. The van der Waals surface area contributed by atoms with Gasteiger partial charge in [0, 0.05) is 38.9 Å². The van der Waals surface area contributed by atoms with Crippen molar-refractivity contribution in [2.24, 2.45) is 0 Å². The summed E-state index contributed by atoms with van der Waals surface area (Å²) in [6.45, 7) is 2.06. The van der Waals surface area contributed by atoms with Crippen molar-refractivity contribution in [1.82, 2.24) is 10.2 Å². The molecule has 2 unspecified atom stereocenters. The van der Waals surface area contributed by atoms with E-state index in [1.807, 2.05) is 0 Å². The number of amides is 1. The Morgan fingerprint density at radius 2 is 0.873 bits per heavy atom. The number of allylic oxidation sites excluding steroid dienone is 4. The number of unbranched alkanes of at least 4 members (excludes halogenated alkanes) is 23. The predicted molar refractivity (Wildman–Crippen MR) is 266 cm³/mol. The second-order valence-corrected chi connectivity index (χ2v) is 18.0. The van der Waals surface area contributed by atoms with Crippen molar-refractivity contribution >= 4 is 41.7 Å². The molecule has 0 aliphatic carbocycles. The molecular weight excluding hydrogens is 963 g/mol. The molecule has 0 aromatic carbocycles.